The van der Waals surface area contributed by atoms with Crippen molar-refractivity contribution in [1.29, 1.82) is 0 Å². The molecular weight excluding hydrogens is 384 g/mol. The molecule has 1 amide bonds. The number of halogens is 2. The van der Waals surface area contributed by atoms with Crippen LogP contribution in [0, 0.1) is 5.92 Å². The lowest BCUT2D eigenvalue weighted by atomic mass is 9.96. The van der Waals surface area contributed by atoms with Crippen LogP contribution in [0.3, 0.4) is 0 Å². The summed E-state index contributed by atoms with van der Waals surface area (Å²) in [6.07, 6.45) is 4.96. The van der Waals surface area contributed by atoms with Gasteiger partial charge in [-0.25, -0.2) is 0 Å². The van der Waals surface area contributed by atoms with Crippen molar-refractivity contribution in [2.75, 3.05) is 26.2 Å². The number of rotatable bonds is 7. The van der Waals surface area contributed by atoms with Gasteiger partial charge in [-0.15, -0.1) is 23.7 Å². The Morgan fingerprint density at radius 2 is 2.14 bits per heavy atom. The largest absolute Gasteiger partial charge is 0.343 e. The van der Waals surface area contributed by atoms with Crippen molar-refractivity contribution >= 4 is 45.6 Å². The second kappa shape index (κ2) is 10.6. The molecule has 2 rings (SSSR count). The number of hydrogen-bond acceptors (Lipinski definition) is 3. The van der Waals surface area contributed by atoms with Crippen molar-refractivity contribution < 1.29 is 4.79 Å². The molecule has 0 bridgehead atoms. The maximum atomic E-state index is 12.2. The Kier molecular flexibility index (Phi) is 9.64. The van der Waals surface area contributed by atoms with E-state index in [1.54, 1.807) is 11.3 Å². The second-order valence-electron chi connectivity index (χ2n) is 5.69. The molecule has 1 fully saturated rings. The zero-order valence-corrected chi connectivity index (χ0v) is 16.4. The van der Waals surface area contributed by atoms with E-state index in [4.69, 9.17) is 0 Å². The first-order chi connectivity index (χ1) is 10.2. The molecule has 1 aliphatic rings. The molecule has 0 aromatic carbocycles. The number of carbonyl (C=O) groups is 1. The highest BCUT2D eigenvalue weighted by atomic mass is 79.9. The summed E-state index contributed by atoms with van der Waals surface area (Å²) < 4.78 is 1.17. The third kappa shape index (κ3) is 6.57. The van der Waals surface area contributed by atoms with E-state index in [1.807, 2.05) is 0 Å². The van der Waals surface area contributed by atoms with Gasteiger partial charge in [0.25, 0.3) is 0 Å². The summed E-state index contributed by atoms with van der Waals surface area (Å²) >= 11 is 5.24. The van der Waals surface area contributed by atoms with E-state index in [1.165, 1.54) is 8.66 Å². The molecule has 6 heteroatoms. The average molecular weight is 410 g/mol. The normalized spacial score (nSPS) is 15.6. The maximum Gasteiger partial charge on any atom is 0.222 e. The Morgan fingerprint density at radius 3 is 2.73 bits per heavy atom. The molecule has 0 radical (unpaired) electrons. The number of likely N-dealkylation sites (tertiary alicyclic amines) is 1. The van der Waals surface area contributed by atoms with Crippen molar-refractivity contribution in [3.05, 3.63) is 20.8 Å². The fraction of sp³-hybridized carbons (Fsp3) is 0.688. The zero-order valence-electron chi connectivity index (χ0n) is 13.1. The van der Waals surface area contributed by atoms with E-state index in [0.717, 1.165) is 57.8 Å². The minimum Gasteiger partial charge on any atom is -0.343 e. The molecule has 0 aliphatic carbocycles. The van der Waals surface area contributed by atoms with E-state index in [0.29, 0.717) is 12.3 Å². The maximum absolute atomic E-state index is 12.2. The summed E-state index contributed by atoms with van der Waals surface area (Å²) in [6.45, 7) is 6.17. The van der Waals surface area contributed by atoms with Gasteiger partial charge in [-0.2, -0.15) is 0 Å². The quantitative estimate of drug-likeness (QED) is 0.735. The molecule has 1 aromatic rings. The average Bonchev–Trinajstić information content (AvgIpc) is 2.91. The fourth-order valence-electron chi connectivity index (χ4n) is 2.79. The van der Waals surface area contributed by atoms with Gasteiger partial charge in [0.15, 0.2) is 0 Å². The summed E-state index contributed by atoms with van der Waals surface area (Å²) in [5, 5.41) is 3.41. The molecule has 3 nitrogen and oxygen atoms in total. The Hall–Kier alpha value is -0.100. The van der Waals surface area contributed by atoms with E-state index < -0.39 is 0 Å². The zero-order chi connectivity index (χ0) is 15.1. The van der Waals surface area contributed by atoms with Gasteiger partial charge in [0.1, 0.15) is 0 Å². The highest BCUT2D eigenvalue weighted by molar-refractivity contribution is 9.11. The first-order valence-electron chi connectivity index (χ1n) is 7.91. The first-order valence-corrected chi connectivity index (χ1v) is 9.52. The second-order valence-corrected chi connectivity index (χ2v) is 8.24. The number of amides is 1. The van der Waals surface area contributed by atoms with Gasteiger partial charge < -0.3 is 10.2 Å². The number of piperidine rings is 1. The van der Waals surface area contributed by atoms with Crippen LogP contribution in [-0.2, 0) is 11.2 Å². The van der Waals surface area contributed by atoms with Crippen molar-refractivity contribution in [2.24, 2.45) is 5.92 Å². The lowest BCUT2D eigenvalue weighted by Gasteiger charge is -2.32. The van der Waals surface area contributed by atoms with Crippen LogP contribution in [0.1, 0.15) is 37.5 Å². The van der Waals surface area contributed by atoms with Crippen LogP contribution in [0.4, 0.5) is 0 Å². The minimum absolute atomic E-state index is 0. The number of aryl methyl sites for hydroxylation is 1. The smallest absolute Gasteiger partial charge is 0.222 e. The summed E-state index contributed by atoms with van der Waals surface area (Å²) in [7, 11) is 0. The highest BCUT2D eigenvalue weighted by Gasteiger charge is 2.21. The molecule has 1 N–H and O–H groups in total. The van der Waals surface area contributed by atoms with Gasteiger partial charge in [-0.1, -0.05) is 6.92 Å². The molecule has 2 heterocycles. The number of nitrogens with zero attached hydrogens (tertiary/aromatic N) is 1. The number of carbonyl (C=O) groups excluding carboxylic acids is 1. The van der Waals surface area contributed by atoms with Crippen LogP contribution in [0.15, 0.2) is 15.9 Å². The van der Waals surface area contributed by atoms with Crippen LogP contribution in [-0.4, -0.2) is 37.0 Å². The van der Waals surface area contributed by atoms with Crippen LogP contribution in [0.2, 0.25) is 0 Å². The van der Waals surface area contributed by atoms with Gasteiger partial charge in [0, 0.05) is 24.4 Å². The van der Waals surface area contributed by atoms with E-state index in [2.05, 4.69) is 45.2 Å². The molecular formula is C16H26BrClN2OS. The Labute approximate surface area is 152 Å². The molecule has 126 valence electrons. The van der Waals surface area contributed by atoms with Gasteiger partial charge in [0.05, 0.1) is 3.79 Å². The molecule has 1 aromatic heterocycles. The fourth-order valence-corrected chi connectivity index (χ4v) is 4.32. The molecule has 0 atom stereocenters. The predicted molar refractivity (Wildman–Crippen MR) is 100 cm³/mol. The van der Waals surface area contributed by atoms with E-state index >= 15 is 0 Å². The number of hydrogen-bond donors (Lipinski definition) is 1. The third-order valence-corrected chi connectivity index (χ3v) is 5.78. The highest BCUT2D eigenvalue weighted by Crippen LogP contribution is 2.24. The summed E-state index contributed by atoms with van der Waals surface area (Å²) in [5.41, 5.74) is 0. The number of nitrogens with one attached hydrogen (secondary N) is 1. The third-order valence-electron chi connectivity index (χ3n) is 4.09. The summed E-state index contributed by atoms with van der Waals surface area (Å²) in [5.74, 6) is 1.09. The first kappa shape index (κ1) is 19.9. The van der Waals surface area contributed by atoms with E-state index in [-0.39, 0.29) is 12.4 Å². The predicted octanol–water partition coefficient (Wildman–Crippen LogP) is 4.10. The van der Waals surface area contributed by atoms with Gasteiger partial charge >= 0.3 is 0 Å². The summed E-state index contributed by atoms with van der Waals surface area (Å²) in [6, 6.07) is 4.22. The van der Waals surface area contributed by atoms with Crippen molar-refractivity contribution in [1.82, 2.24) is 10.2 Å². The topological polar surface area (TPSA) is 32.3 Å². The Balaban J connectivity index is 0.00000242. The molecule has 0 saturated carbocycles. The Morgan fingerprint density at radius 1 is 1.41 bits per heavy atom. The van der Waals surface area contributed by atoms with Crippen LogP contribution in [0.5, 0.6) is 0 Å². The lowest BCUT2D eigenvalue weighted by molar-refractivity contribution is -0.132. The molecule has 0 spiro atoms. The molecule has 1 saturated heterocycles. The standard InChI is InChI=1S/C16H25BrN2OS.ClH/c1-2-18-12-13-8-10-19(11-9-13)16(20)5-3-4-14-6-7-15(17)21-14;/h6-7,13,18H,2-5,8-12H2,1H3;1H. The molecule has 0 unspecified atom stereocenters. The van der Waals surface area contributed by atoms with Crippen LogP contribution >= 0.6 is 39.7 Å². The van der Waals surface area contributed by atoms with Crippen LogP contribution in [0.25, 0.3) is 0 Å². The SMILES string of the molecule is CCNCC1CCN(C(=O)CCCc2ccc(Br)s2)CC1.Cl. The summed E-state index contributed by atoms with van der Waals surface area (Å²) in [4.78, 5) is 15.6. The monoisotopic (exact) mass is 408 g/mol. The van der Waals surface area contributed by atoms with Crippen molar-refractivity contribution in [2.45, 2.75) is 39.0 Å². The van der Waals surface area contributed by atoms with E-state index in [9.17, 15) is 4.79 Å². The lowest BCUT2D eigenvalue weighted by Crippen LogP contribution is -2.40. The van der Waals surface area contributed by atoms with Crippen molar-refractivity contribution in [3.63, 3.8) is 0 Å². The van der Waals surface area contributed by atoms with Crippen LogP contribution < -0.4 is 5.32 Å². The van der Waals surface area contributed by atoms with Crippen molar-refractivity contribution in [3.8, 4) is 0 Å². The van der Waals surface area contributed by atoms with Gasteiger partial charge in [0.2, 0.25) is 5.91 Å². The minimum atomic E-state index is 0. The number of thiophene rings is 1. The molecule has 22 heavy (non-hydrogen) atoms. The van der Waals surface area contributed by atoms with Gasteiger partial charge in [-0.3, -0.25) is 4.79 Å². The molecule has 1 aliphatic heterocycles. The Bertz CT molecular complexity index is 447. The van der Waals surface area contributed by atoms with Gasteiger partial charge in [-0.05, 0) is 72.8 Å².